The number of nitrogens with zero attached hydrogens (tertiary/aromatic N) is 2. The van der Waals surface area contributed by atoms with Crippen LogP contribution in [0.5, 0.6) is 0 Å². The molecule has 2 aromatic heterocycles. The number of benzene rings is 1. The Balaban J connectivity index is 2.09. The van der Waals surface area contributed by atoms with E-state index in [0.29, 0.717) is 17.9 Å². The summed E-state index contributed by atoms with van der Waals surface area (Å²) in [6, 6.07) is 12.6. The van der Waals surface area contributed by atoms with E-state index in [0.717, 1.165) is 16.7 Å². The molecule has 136 valence electrons. The van der Waals surface area contributed by atoms with Gasteiger partial charge in [-0.15, -0.1) is 0 Å². The zero-order valence-electron chi connectivity index (χ0n) is 14.6. The molecule has 0 spiro atoms. The van der Waals surface area contributed by atoms with Crippen molar-refractivity contribution in [3.05, 3.63) is 66.6 Å². The van der Waals surface area contributed by atoms with Gasteiger partial charge in [-0.3, -0.25) is 10.3 Å². The van der Waals surface area contributed by atoms with Crippen molar-refractivity contribution < 1.29 is 14.7 Å². The van der Waals surface area contributed by atoms with Crippen LogP contribution in [0.15, 0.2) is 61.1 Å². The van der Waals surface area contributed by atoms with Crippen molar-refractivity contribution >= 4 is 17.8 Å². The average Bonchev–Trinajstić information content (AvgIpc) is 2.69. The molecule has 3 rings (SSSR count). The minimum Gasteiger partial charge on any atom is -0.478 e. The van der Waals surface area contributed by atoms with Crippen LogP contribution in [0.25, 0.3) is 22.3 Å². The molecule has 0 radical (unpaired) electrons. The molecule has 3 N–H and O–H groups in total. The number of aromatic nitrogens is 2. The molecule has 7 heteroatoms. The largest absolute Gasteiger partial charge is 0.478 e. The van der Waals surface area contributed by atoms with Crippen LogP contribution in [0.1, 0.15) is 17.3 Å². The Hall–Kier alpha value is -3.74. The molecule has 0 saturated carbocycles. The number of rotatable bonds is 5. The summed E-state index contributed by atoms with van der Waals surface area (Å²) in [6.45, 7) is 2.33. The molecular weight excluding hydrogens is 344 g/mol. The van der Waals surface area contributed by atoms with Gasteiger partial charge in [-0.2, -0.15) is 0 Å². The molecule has 0 unspecified atom stereocenters. The number of carbonyl (C=O) groups is 2. The van der Waals surface area contributed by atoms with Crippen LogP contribution in [0.2, 0.25) is 0 Å². The number of nitrogens with one attached hydrogen (secondary N) is 2. The van der Waals surface area contributed by atoms with Gasteiger partial charge in [0.2, 0.25) is 0 Å². The van der Waals surface area contributed by atoms with Gasteiger partial charge >= 0.3 is 12.0 Å². The zero-order chi connectivity index (χ0) is 19.2. The predicted octanol–water partition coefficient (Wildman–Crippen LogP) is 3.65. The normalized spacial score (nSPS) is 10.3. The number of carboxylic acid groups (broad SMARTS) is 1. The van der Waals surface area contributed by atoms with Gasteiger partial charge in [0.25, 0.3) is 0 Å². The van der Waals surface area contributed by atoms with Crippen molar-refractivity contribution in [1.82, 2.24) is 15.3 Å². The third-order valence-corrected chi connectivity index (χ3v) is 3.86. The van der Waals surface area contributed by atoms with E-state index in [1.807, 2.05) is 37.3 Å². The maximum Gasteiger partial charge on any atom is 0.337 e. The standard InChI is InChI=1S/C20H18N4O3/c1-2-22-20(27)24-18-9-16(13-6-4-3-5-7-13)17(12-23-18)14-8-15(19(25)26)11-21-10-14/h3-12H,2H2,1H3,(H,25,26)(H2,22,23,24,27). The molecule has 0 bridgehead atoms. The third-order valence-electron chi connectivity index (χ3n) is 3.86. The Bertz CT molecular complexity index is 974. The monoisotopic (exact) mass is 362 g/mol. The Morgan fingerprint density at radius 3 is 2.48 bits per heavy atom. The van der Waals surface area contributed by atoms with Crippen molar-refractivity contribution in [3.8, 4) is 22.3 Å². The fourth-order valence-corrected chi connectivity index (χ4v) is 2.64. The topological polar surface area (TPSA) is 104 Å². The maximum atomic E-state index is 11.8. The highest BCUT2D eigenvalue weighted by atomic mass is 16.4. The van der Waals surface area contributed by atoms with E-state index in [4.69, 9.17) is 0 Å². The fourth-order valence-electron chi connectivity index (χ4n) is 2.64. The number of hydrogen-bond acceptors (Lipinski definition) is 4. The van der Waals surface area contributed by atoms with Crippen LogP contribution in [-0.4, -0.2) is 33.6 Å². The molecule has 0 aliphatic carbocycles. The summed E-state index contributed by atoms with van der Waals surface area (Å²) in [7, 11) is 0. The number of urea groups is 1. The number of amides is 2. The lowest BCUT2D eigenvalue weighted by Gasteiger charge is -2.13. The summed E-state index contributed by atoms with van der Waals surface area (Å²) in [6.07, 6.45) is 4.49. The van der Waals surface area contributed by atoms with Gasteiger partial charge in [0.15, 0.2) is 0 Å². The Morgan fingerprint density at radius 1 is 1.00 bits per heavy atom. The average molecular weight is 362 g/mol. The molecule has 0 aliphatic rings. The molecule has 0 aliphatic heterocycles. The second-order valence-corrected chi connectivity index (χ2v) is 5.73. The van der Waals surface area contributed by atoms with Gasteiger partial charge in [0.1, 0.15) is 5.82 Å². The van der Waals surface area contributed by atoms with Crippen molar-refractivity contribution in [2.75, 3.05) is 11.9 Å². The van der Waals surface area contributed by atoms with Crippen LogP contribution in [0.4, 0.5) is 10.6 Å². The summed E-state index contributed by atoms with van der Waals surface area (Å²) >= 11 is 0. The van der Waals surface area contributed by atoms with E-state index in [1.54, 1.807) is 24.5 Å². The molecule has 0 atom stereocenters. The SMILES string of the molecule is CCNC(=O)Nc1cc(-c2ccccc2)c(-c2cncc(C(=O)O)c2)cn1. The van der Waals surface area contributed by atoms with E-state index in [-0.39, 0.29) is 11.6 Å². The van der Waals surface area contributed by atoms with Crippen molar-refractivity contribution in [2.45, 2.75) is 6.92 Å². The summed E-state index contributed by atoms with van der Waals surface area (Å²) in [4.78, 5) is 31.4. The molecule has 27 heavy (non-hydrogen) atoms. The third kappa shape index (κ3) is 4.27. The van der Waals surface area contributed by atoms with Crippen LogP contribution in [0, 0.1) is 0 Å². The quantitative estimate of drug-likeness (QED) is 0.643. The van der Waals surface area contributed by atoms with Gasteiger partial charge in [-0.05, 0) is 30.2 Å². The van der Waals surface area contributed by atoms with E-state index in [1.165, 1.54) is 6.20 Å². The number of aromatic carboxylic acids is 1. The van der Waals surface area contributed by atoms with Gasteiger partial charge < -0.3 is 10.4 Å². The first-order chi connectivity index (χ1) is 13.1. The first-order valence-corrected chi connectivity index (χ1v) is 8.37. The smallest absolute Gasteiger partial charge is 0.337 e. The maximum absolute atomic E-state index is 11.8. The minimum absolute atomic E-state index is 0.0936. The molecular formula is C20H18N4O3. The highest BCUT2D eigenvalue weighted by molar-refractivity contribution is 5.93. The first-order valence-electron chi connectivity index (χ1n) is 8.37. The van der Waals surface area contributed by atoms with Crippen LogP contribution < -0.4 is 10.6 Å². The molecule has 3 aromatic rings. The van der Waals surface area contributed by atoms with E-state index >= 15 is 0 Å². The van der Waals surface area contributed by atoms with Crippen molar-refractivity contribution in [2.24, 2.45) is 0 Å². The van der Waals surface area contributed by atoms with Gasteiger partial charge in [-0.1, -0.05) is 30.3 Å². The van der Waals surface area contributed by atoms with E-state index < -0.39 is 5.97 Å². The van der Waals surface area contributed by atoms with Gasteiger partial charge in [0.05, 0.1) is 5.56 Å². The second kappa shape index (κ2) is 8.09. The van der Waals surface area contributed by atoms with Crippen LogP contribution >= 0.6 is 0 Å². The lowest BCUT2D eigenvalue weighted by atomic mass is 9.96. The van der Waals surface area contributed by atoms with E-state index in [9.17, 15) is 14.7 Å². The Kier molecular flexibility index (Phi) is 5.41. The number of carboxylic acids is 1. The van der Waals surface area contributed by atoms with Gasteiger partial charge in [-0.25, -0.2) is 14.6 Å². The van der Waals surface area contributed by atoms with Crippen LogP contribution in [-0.2, 0) is 0 Å². The lowest BCUT2D eigenvalue weighted by Crippen LogP contribution is -2.28. The molecule has 7 nitrogen and oxygen atoms in total. The van der Waals surface area contributed by atoms with Crippen molar-refractivity contribution in [3.63, 3.8) is 0 Å². The molecule has 0 fully saturated rings. The zero-order valence-corrected chi connectivity index (χ0v) is 14.6. The highest BCUT2D eigenvalue weighted by Crippen LogP contribution is 2.33. The van der Waals surface area contributed by atoms with Crippen molar-refractivity contribution in [1.29, 1.82) is 0 Å². The Labute approximate surface area is 156 Å². The highest BCUT2D eigenvalue weighted by Gasteiger charge is 2.13. The number of anilines is 1. The van der Waals surface area contributed by atoms with Gasteiger partial charge in [0, 0.05) is 36.3 Å². The summed E-state index contributed by atoms with van der Waals surface area (Å²) < 4.78 is 0. The Morgan fingerprint density at radius 2 is 1.78 bits per heavy atom. The molecule has 2 heterocycles. The summed E-state index contributed by atoms with van der Waals surface area (Å²) in [5, 5.41) is 14.6. The first kappa shape index (κ1) is 18.1. The molecule has 2 amide bonds. The summed E-state index contributed by atoms with van der Waals surface area (Å²) in [5.41, 5.74) is 3.16. The summed E-state index contributed by atoms with van der Waals surface area (Å²) in [5.74, 6) is -0.654. The van der Waals surface area contributed by atoms with E-state index in [2.05, 4.69) is 20.6 Å². The second-order valence-electron chi connectivity index (χ2n) is 5.73. The number of carbonyl (C=O) groups excluding carboxylic acids is 1. The van der Waals surface area contributed by atoms with Crippen LogP contribution in [0.3, 0.4) is 0 Å². The lowest BCUT2D eigenvalue weighted by molar-refractivity contribution is 0.0696. The number of hydrogen-bond donors (Lipinski definition) is 3. The molecule has 0 saturated heterocycles. The fraction of sp³-hybridized carbons (Fsp3) is 0.100. The minimum atomic E-state index is -1.05. The number of pyridine rings is 2. The molecule has 1 aromatic carbocycles. The predicted molar refractivity (Wildman–Crippen MR) is 103 cm³/mol.